The van der Waals surface area contributed by atoms with Crippen LogP contribution >= 0.6 is 0 Å². The molecule has 7 heteroatoms. The molecule has 0 aromatic carbocycles. The second kappa shape index (κ2) is 4.65. The summed E-state index contributed by atoms with van der Waals surface area (Å²) in [6, 6.07) is 0. The summed E-state index contributed by atoms with van der Waals surface area (Å²) in [5.41, 5.74) is 0.354. The number of methoxy groups -OCH3 is 1. The molecule has 0 bridgehead atoms. The minimum Gasteiger partial charge on any atom is -0.379 e. The fourth-order valence-electron chi connectivity index (χ4n) is 2.52. The molecule has 0 spiro atoms. The summed E-state index contributed by atoms with van der Waals surface area (Å²) >= 11 is 0. The number of aromatic amines is 2. The summed E-state index contributed by atoms with van der Waals surface area (Å²) in [6.45, 7) is 3.78. The molecule has 1 fully saturated rings. The highest BCUT2D eigenvalue weighted by Crippen LogP contribution is 2.22. The number of nitrogens with one attached hydrogen (secondary N) is 2. The van der Waals surface area contributed by atoms with Gasteiger partial charge in [0.15, 0.2) is 5.65 Å². The van der Waals surface area contributed by atoms with Gasteiger partial charge in [-0.25, -0.2) is 0 Å². The van der Waals surface area contributed by atoms with Gasteiger partial charge in [0.2, 0.25) is 5.95 Å². The smallest absolute Gasteiger partial charge is 0.263 e. The Hall–Kier alpha value is -1.89. The SMILES string of the molecule is COC1CN(c2nc3[nH]ncc3c(=O)[nH]2)CCC1C. The molecule has 0 amide bonds. The van der Waals surface area contributed by atoms with Crippen molar-refractivity contribution < 1.29 is 4.74 Å². The van der Waals surface area contributed by atoms with Gasteiger partial charge >= 0.3 is 0 Å². The van der Waals surface area contributed by atoms with Crippen molar-refractivity contribution in [2.24, 2.45) is 5.92 Å². The molecule has 1 aliphatic rings. The second-order valence-electron chi connectivity index (χ2n) is 5.01. The lowest BCUT2D eigenvalue weighted by Crippen LogP contribution is -2.45. The van der Waals surface area contributed by atoms with E-state index in [0.29, 0.717) is 22.9 Å². The summed E-state index contributed by atoms with van der Waals surface area (Å²) in [7, 11) is 1.72. The van der Waals surface area contributed by atoms with Crippen LogP contribution in [0.25, 0.3) is 11.0 Å². The van der Waals surface area contributed by atoms with Crippen molar-refractivity contribution >= 4 is 17.0 Å². The number of nitrogens with zero attached hydrogens (tertiary/aromatic N) is 3. The van der Waals surface area contributed by atoms with Crippen LogP contribution in [0.15, 0.2) is 11.0 Å². The van der Waals surface area contributed by atoms with E-state index in [9.17, 15) is 4.79 Å². The maximum atomic E-state index is 11.9. The van der Waals surface area contributed by atoms with Crippen molar-refractivity contribution in [3.63, 3.8) is 0 Å². The van der Waals surface area contributed by atoms with E-state index >= 15 is 0 Å². The van der Waals surface area contributed by atoms with E-state index in [-0.39, 0.29) is 11.7 Å². The van der Waals surface area contributed by atoms with E-state index in [0.717, 1.165) is 19.5 Å². The molecule has 1 saturated heterocycles. The Morgan fingerprint density at radius 1 is 1.53 bits per heavy atom. The maximum absolute atomic E-state index is 11.9. The van der Waals surface area contributed by atoms with Crippen molar-refractivity contribution in [3.8, 4) is 0 Å². The summed E-state index contributed by atoms with van der Waals surface area (Å²) in [5.74, 6) is 1.10. The molecule has 2 aromatic heterocycles. The van der Waals surface area contributed by atoms with Gasteiger partial charge < -0.3 is 9.64 Å². The van der Waals surface area contributed by atoms with Crippen LogP contribution in [0, 0.1) is 5.92 Å². The van der Waals surface area contributed by atoms with Crippen molar-refractivity contribution in [2.75, 3.05) is 25.1 Å². The maximum Gasteiger partial charge on any atom is 0.263 e. The lowest BCUT2D eigenvalue weighted by molar-refractivity contribution is 0.0494. The topological polar surface area (TPSA) is 86.9 Å². The van der Waals surface area contributed by atoms with Gasteiger partial charge in [-0.2, -0.15) is 10.1 Å². The van der Waals surface area contributed by atoms with Gasteiger partial charge in [-0.05, 0) is 12.3 Å². The molecule has 102 valence electrons. The average molecular weight is 263 g/mol. The molecule has 3 heterocycles. The third-order valence-corrected chi connectivity index (χ3v) is 3.80. The highest BCUT2D eigenvalue weighted by atomic mass is 16.5. The van der Waals surface area contributed by atoms with E-state index in [1.165, 1.54) is 6.20 Å². The number of hydrogen-bond donors (Lipinski definition) is 2. The number of fused-ring (bicyclic) bond motifs is 1. The van der Waals surface area contributed by atoms with Crippen molar-refractivity contribution in [2.45, 2.75) is 19.4 Å². The summed E-state index contributed by atoms with van der Waals surface area (Å²) < 4.78 is 5.48. The van der Waals surface area contributed by atoms with Gasteiger partial charge in [0.25, 0.3) is 5.56 Å². The zero-order valence-corrected chi connectivity index (χ0v) is 11.0. The predicted molar refractivity (Wildman–Crippen MR) is 71.3 cm³/mol. The van der Waals surface area contributed by atoms with Crippen LogP contribution in [0.3, 0.4) is 0 Å². The molecule has 2 atom stereocenters. The van der Waals surface area contributed by atoms with Gasteiger partial charge in [-0.3, -0.25) is 14.9 Å². The lowest BCUT2D eigenvalue weighted by atomic mass is 9.96. The minimum absolute atomic E-state index is 0.163. The molecule has 7 nitrogen and oxygen atoms in total. The third kappa shape index (κ3) is 2.10. The standard InChI is InChI=1S/C12H17N5O2/c1-7-3-4-17(6-9(7)19-2)12-14-10-8(5-13-16-10)11(18)15-12/h5,7,9H,3-4,6H2,1-2H3,(H2,13,14,15,16,18). The Balaban J connectivity index is 1.93. The van der Waals surface area contributed by atoms with Gasteiger partial charge in [-0.1, -0.05) is 6.92 Å². The van der Waals surface area contributed by atoms with Gasteiger partial charge in [-0.15, -0.1) is 0 Å². The van der Waals surface area contributed by atoms with Crippen LogP contribution in [0.2, 0.25) is 0 Å². The Morgan fingerprint density at radius 2 is 2.37 bits per heavy atom. The van der Waals surface area contributed by atoms with Crippen molar-refractivity contribution in [1.82, 2.24) is 20.2 Å². The van der Waals surface area contributed by atoms with Crippen LogP contribution in [-0.2, 0) is 4.74 Å². The molecule has 0 saturated carbocycles. The Kier molecular flexibility index (Phi) is 2.98. The molecule has 1 aliphatic heterocycles. The molecule has 19 heavy (non-hydrogen) atoms. The molecule has 2 aromatic rings. The van der Waals surface area contributed by atoms with Crippen LogP contribution in [0.5, 0.6) is 0 Å². The number of hydrogen-bond acceptors (Lipinski definition) is 5. The first-order valence-corrected chi connectivity index (χ1v) is 6.40. The summed E-state index contributed by atoms with van der Waals surface area (Å²) in [5, 5.41) is 7.06. The summed E-state index contributed by atoms with van der Waals surface area (Å²) in [4.78, 5) is 21.2. The molecule has 0 aliphatic carbocycles. The Labute approximate surface area is 110 Å². The number of rotatable bonds is 2. The van der Waals surface area contributed by atoms with Gasteiger partial charge in [0.05, 0.1) is 12.3 Å². The van der Waals surface area contributed by atoms with Crippen LogP contribution in [0.4, 0.5) is 5.95 Å². The first kappa shape index (κ1) is 12.2. The average Bonchev–Trinajstić information content (AvgIpc) is 2.88. The van der Waals surface area contributed by atoms with E-state index in [4.69, 9.17) is 4.74 Å². The molecule has 3 rings (SSSR count). The molecule has 0 radical (unpaired) electrons. The van der Waals surface area contributed by atoms with Crippen LogP contribution < -0.4 is 10.5 Å². The van der Waals surface area contributed by atoms with E-state index in [2.05, 4.69) is 32.0 Å². The molecule has 2 N–H and O–H groups in total. The van der Waals surface area contributed by atoms with Crippen molar-refractivity contribution in [1.29, 1.82) is 0 Å². The van der Waals surface area contributed by atoms with Crippen LogP contribution in [-0.4, -0.2) is 46.5 Å². The van der Waals surface area contributed by atoms with Crippen molar-refractivity contribution in [3.05, 3.63) is 16.6 Å². The van der Waals surface area contributed by atoms with E-state index in [1.54, 1.807) is 7.11 Å². The summed E-state index contributed by atoms with van der Waals surface area (Å²) in [6.07, 6.45) is 2.67. The first-order chi connectivity index (χ1) is 9.19. The second-order valence-corrected chi connectivity index (χ2v) is 5.01. The third-order valence-electron chi connectivity index (χ3n) is 3.80. The monoisotopic (exact) mass is 263 g/mol. The van der Waals surface area contributed by atoms with Gasteiger partial charge in [0.1, 0.15) is 5.39 Å². The Bertz CT molecular complexity index is 634. The normalized spacial score (nSPS) is 24.0. The van der Waals surface area contributed by atoms with Gasteiger partial charge in [0, 0.05) is 20.2 Å². The molecule has 2 unspecified atom stereocenters. The molecular weight excluding hydrogens is 246 g/mol. The number of anilines is 1. The number of H-pyrrole nitrogens is 2. The largest absolute Gasteiger partial charge is 0.379 e. The molecular formula is C12H17N5O2. The first-order valence-electron chi connectivity index (χ1n) is 6.40. The van der Waals surface area contributed by atoms with E-state index in [1.807, 2.05) is 0 Å². The Morgan fingerprint density at radius 3 is 3.16 bits per heavy atom. The highest BCUT2D eigenvalue weighted by Gasteiger charge is 2.27. The fourth-order valence-corrected chi connectivity index (χ4v) is 2.52. The number of ether oxygens (including phenoxy) is 1. The predicted octanol–water partition coefficient (Wildman–Crippen LogP) is 0.507. The highest BCUT2D eigenvalue weighted by molar-refractivity contribution is 5.73. The zero-order chi connectivity index (χ0) is 13.4. The fraction of sp³-hybridized carbons (Fsp3) is 0.583. The zero-order valence-electron chi connectivity index (χ0n) is 11.0. The number of piperidine rings is 1. The lowest BCUT2D eigenvalue weighted by Gasteiger charge is -2.36. The van der Waals surface area contributed by atoms with Crippen LogP contribution in [0.1, 0.15) is 13.3 Å². The minimum atomic E-state index is -0.165. The van der Waals surface area contributed by atoms with E-state index < -0.39 is 0 Å². The quantitative estimate of drug-likeness (QED) is 0.824. The number of aromatic nitrogens is 4.